The Bertz CT molecular complexity index is 591. The van der Waals surface area contributed by atoms with E-state index < -0.39 is 43.2 Å². The minimum atomic E-state index is -4.54. The molecule has 0 spiro atoms. The Morgan fingerprint density at radius 2 is 1.96 bits per heavy atom. The molecule has 6 nitrogen and oxygen atoms in total. The van der Waals surface area contributed by atoms with Gasteiger partial charge in [0.1, 0.15) is 19.0 Å². The van der Waals surface area contributed by atoms with Gasteiger partial charge >= 0.3 is 12.1 Å². The summed E-state index contributed by atoms with van der Waals surface area (Å²) in [5.74, 6) is -1.59. The van der Waals surface area contributed by atoms with E-state index in [9.17, 15) is 22.8 Å². The van der Waals surface area contributed by atoms with Gasteiger partial charge in [-0.1, -0.05) is 12.1 Å². The number of ether oxygens (including phenoxy) is 2. The van der Waals surface area contributed by atoms with Crippen LogP contribution in [0.25, 0.3) is 0 Å². The fourth-order valence-electron chi connectivity index (χ4n) is 2.09. The second-order valence-corrected chi connectivity index (χ2v) is 5.29. The molecule has 0 saturated carbocycles. The lowest BCUT2D eigenvalue weighted by molar-refractivity contribution is -0.176. The van der Waals surface area contributed by atoms with Gasteiger partial charge in [-0.25, -0.2) is 0 Å². The van der Waals surface area contributed by atoms with Gasteiger partial charge in [0.15, 0.2) is 0 Å². The average Bonchev–Trinajstić information content (AvgIpc) is 2.45. The number of alkyl halides is 3. The molecule has 0 aliphatic heterocycles. The predicted octanol–water partition coefficient (Wildman–Crippen LogP) is 2.08. The van der Waals surface area contributed by atoms with E-state index in [-0.39, 0.29) is 0 Å². The van der Waals surface area contributed by atoms with E-state index >= 15 is 0 Å². The molecule has 1 amide bonds. The average molecular weight is 349 g/mol. The zero-order chi connectivity index (χ0) is 18.4. The van der Waals surface area contributed by atoms with Crippen molar-refractivity contribution >= 4 is 11.9 Å². The van der Waals surface area contributed by atoms with Crippen molar-refractivity contribution in [3.05, 3.63) is 29.8 Å². The van der Waals surface area contributed by atoms with Gasteiger partial charge in [0.25, 0.3) is 0 Å². The van der Waals surface area contributed by atoms with Crippen molar-refractivity contribution in [3.63, 3.8) is 0 Å². The monoisotopic (exact) mass is 349 g/mol. The first-order chi connectivity index (χ1) is 11.1. The van der Waals surface area contributed by atoms with Crippen LogP contribution in [0, 0.1) is 0 Å². The molecular weight excluding hydrogens is 331 g/mol. The molecule has 0 aliphatic carbocycles. The fraction of sp³-hybridized carbons (Fsp3) is 0.467. The van der Waals surface area contributed by atoms with Crippen LogP contribution in [0.3, 0.4) is 0 Å². The van der Waals surface area contributed by atoms with E-state index in [1.807, 2.05) is 0 Å². The number of carbonyl (C=O) groups is 2. The maximum atomic E-state index is 12.0. The van der Waals surface area contributed by atoms with E-state index in [0.29, 0.717) is 11.3 Å². The number of carboxylic acid groups (broad SMARTS) is 1. The molecule has 1 aromatic rings. The summed E-state index contributed by atoms with van der Waals surface area (Å²) in [5.41, 5.74) is -0.896. The molecular formula is C15H18F3NO5. The van der Waals surface area contributed by atoms with Crippen molar-refractivity contribution in [2.24, 2.45) is 0 Å². The molecule has 0 saturated heterocycles. The van der Waals surface area contributed by atoms with Crippen molar-refractivity contribution < 1.29 is 37.3 Å². The largest absolute Gasteiger partial charge is 0.497 e. The van der Waals surface area contributed by atoms with Gasteiger partial charge < -0.3 is 19.9 Å². The number of carbonyl (C=O) groups excluding carboxylic acids is 1. The first-order valence-corrected chi connectivity index (χ1v) is 6.87. The van der Waals surface area contributed by atoms with E-state index in [2.05, 4.69) is 10.1 Å². The van der Waals surface area contributed by atoms with Crippen molar-refractivity contribution in [1.82, 2.24) is 5.32 Å². The second-order valence-electron chi connectivity index (χ2n) is 5.29. The molecule has 0 aliphatic rings. The highest BCUT2D eigenvalue weighted by Gasteiger charge is 2.33. The summed E-state index contributed by atoms with van der Waals surface area (Å²) in [4.78, 5) is 22.9. The van der Waals surface area contributed by atoms with Crippen LogP contribution in [-0.4, -0.2) is 43.5 Å². The number of rotatable bonds is 8. The first kappa shape index (κ1) is 19.8. The molecule has 9 heteroatoms. The molecule has 0 bridgehead atoms. The Balaban J connectivity index is 2.87. The summed E-state index contributed by atoms with van der Waals surface area (Å²) in [6.45, 7) is -0.939. The minimum absolute atomic E-state index is 0.438. The number of hydrogen-bond donors (Lipinski definition) is 2. The topological polar surface area (TPSA) is 84.9 Å². The lowest BCUT2D eigenvalue weighted by Crippen LogP contribution is -2.46. The SMILES string of the molecule is COc1cccc(C(C)(CC(=O)O)NC(=O)COCC(F)(F)F)c1. The van der Waals surface area contributed by atoms with E-state index in [0.717, 1.165) is 0 Å². The van der Waals surface area contributed by atoms with E-state index in [1.165, 1.54) is 14.0 Å². The van der Waals surface area contributed by atoms with Gasteiger partial charge in [0, 0.05) is 0 Å². The molecule has 2 N–H and O–H groups in total. The summed E-state index contributed by atoms with van der Waals surface area (Å²) >= 11 is 0. The van der Waals surface area contributed by atoms with Gasteiger partial charge in [-0.3, -0.25) is 9.59 Å². The lowest BCUT2D eigenvalue weighted by atomic mass is 9.88. The van der Waals surface area contributed by atoms with Crippen LogP contribution in [0.15, 0.2) is 24.3 Å². The third-order valence-corrected chi connectivity index (χ3v) is 3.13. The van der Waals surface area contributed by atoms with Crippen LogP contribution in [0.2, 0.25) is 0 Å². The Labute approximate surface area is 136 Å². The highest BCUT2D eigenvalue weighted by atomic mass is 19.4. The van der Waals surface area contributed by atoms with Crippen LogP contribution < -0.4 is 10.1 Å². The standard InChI is InChI=1S/C15H18F3NO5/c1-14(7-13(21)22,10-4-3-5-11(6-10)23-2)19-12(20)8-24-9-15(16,17)18/h3-6H,7-9H2,1-2H3,(H,19,20)(H,21,22). The number of nitrogens with one attached hydrogen (secondary N) is 1. The molecule has 1 atom stereocenters. The van der Waals surface area contributed by atoms with Crippen molar-refractivity contribution in [1.29, 1.82) is 0 Å². The van der Waals surface area contributed by atoms with Gasteiger partial charge in [0.05, 0.1) is 19.1 Å². The molecule has 1 rings (SSSR count). The summed E-state index contributed by atoms with van der Waals surface area (Å²) < 4.78 is 45.4. The highest BCUT2D eigenvalue weighted by molar-refractivity contribution is 5.79. The summed E-state index contributed by atoms with van der Waals surface area (Å²) in [6, 6.07) is 6.38. The van der Waals surface area contributed by atoms with Gasteiger partial charge in [-0.05, 0) is 24.6 Å². The van der Waals surface area contributed by atoms with Gasteiger partial charge in [-0.15, -0.1) is 0 Å². The van der Waals surface area contributed by atoms with Crippen molar-refractivity contribution in [2.45, 2.75) is 25.1 Å². The summed E-state index contributed by atoms with van der Waals surface area (Å²) in [6.07, 6.45) is -5.01. The van der Waals surface area contributed by atoms with Gasteiger partial charge in [-0.2, -0.15) is 13.2 Å². The molecule has 1 unspecified atom stereocenters. The Kier molecular flexibility index (Phi) is 6.59. The van der Waals surface area contributed by atoms with Crippen LogP contribution in [0.4, 0.5) is 13.2 Å². The van der Waals surface area contributed by atoms with Crippen LogP contribution in [0.1, 0.15) is 18.9 Å². The Hall–Kier alpha value is -2.29. The maximum Gasteiger partial charge on any atom is 0.411 e. The predicted molar refractivity (Wildman–Crippen MR) is 77.6 cm³/mol. The number of methoxy groups -OCH3 is 1. The fourth-order valence-corrected chi connectivity index (χ4v) is 2.09. The van der Waals surface area contributed by atoms with Crippen LogP contribution >= 0.6 is 0 Å². The third-order valence-electron chi connectivity index (χ3n) is 3.13. The molecule has 1 aromatic carbocycles. The number of aliphatic carboxylic acids is 1. The van der Waals surface area contributed by atoms with Crippen LogP contribution in [0.5, 0.6) is 5.75 Å². The quantitative estimate of drug-likeness (QED) is 0.751. The number of hydrogen-bond acceptors (Lipinski definition) is 4. The zero-order valence-corrected chi connectivity index (χ0v) is 13.1. The number of halogens is 3. The third kappa shape index (κ3) is 6.45. The normalized spacial score (nSPS) is 13.9. The molecule has 0 heterocycles. The van der Waals surface area contributed by atoms with Gasteiger partial charge in [0.2, 0.25) is 5.91 Å². The van der Waals surface area contributed by atoms with E-state index in [4.69, 9.17) is 9.84 Å². The Morgan fingerprint density at radius 3 is 2.50 bits per heavy atom. The van der Waals surface area contributed by atoms with Crippen molar-refractivity contribution in [2.75, 3.05) is 20.3 Å². The molecule has 24 heavy (non-hydrogen) atoms. The second kappa shape index (κ2) is 8.00. The zero-order valence-electron chi connectivity index (χ0n) is 13.1. The van der Waals surface area contributed by atoms with E-state index in [1.54, 1.807) is 24.3 Å². The summed E-state index contributed by atoms with van der Waals surface area (Å²) in [5, 5.41) is 11.5. The Morgan fingerprint density at radius 1 is 1.29 bits per heavy atom. The molecule has 0 aromatic heterocycles. The molecule has 0 radical (unpaired) electrons. The van der Waals surface area contributed by atoms with Crippen LogP contribution in [-0.2, 0) is 19.9 Å². The number of benzene rings is 1. The smallest absolute Gasteiger partial charge is 0.411 e. The summed E-state index contributed by atoms with van der Waals surface area (Å²) in [7, 11) is 1.43. The van der Waals surface area contributed by atoms with Crippen molar-refractivity contribution in [3.8, 4) is 5.75 Å². The number of amides is 1. The minimum Gasteiger partial charge on any atom is -0.497 e. The number of carboxylic acids is 1. The maximum absolute atomic E-state index is 12.0. The first-order valence-electron chi connectivity index (χ1n) is 6.87. The molecule has 0 fully saturated rings. The highest BCUT2D eigenvalue weighted by Crippen LogP contribution is 2.28. The lowest BCUT2D eigenvalue weighted by Gasteiger charge is -2.30. The molecule has 134 valence electrons.